The number of carbonyl (C=O) groups is 10. The Morgan fingerprint density at radius 1 is 0.327 bits per heavy atom. The minimum absolute atomic E-state index is 0.0253. The molecule has 0 aromatic heterocycles. The third-order valence-electron chi connectivity index (χ3n) is 25.6. The quantitative estimate of drug-likeness (QED) is 0.0251. The molecule has 0 unspecified atom stereocenters. The maximum absolute atomic E-state index is 13.2. The number of aliphatic hydroxyl groups is 22. The van der Waals surface area contributed by atoms with Gasteiger partial charge in [-0.2, -0.15) is 0 Å². The van der Waals surface area contributed by atoms with E-state index in [1.807, 2.05) is 0 Å². The van der Waals surface area contributed by atoms with E-state index in [0.29, 0.717) is 25.7 Å². The number of ether oxygens (including phenoxy) is 20. The molecule has 32 N–H and O–H groups in total. The number of nitrogens with one attached hydrogen (secondary N) is 8. The molecule has 0 saturated carbocycles. The van der Waals surface area contributed by atoms with E-state index in [2.05, 4.69) is 42.5 Å². The number of carbonyl (C=O) groups excluding carboxylic acids is 8. The Bertz CT molecular complexity index is 3870. The predicted octanol–water partition coefficient (Wildman–Crippen LogP) is -17.7. The summed E-state index contributed by atoms with van der Waals surface area (Å²) in [7, 11) is 0. The molecule has 0 spiro atoms. The van der Waals surface area contributed by atoms with Crippen molar-refractivity contribution in [3.63, 3.8) is 0 Å². The summed E-state index contributed by atoms with van der Waals surface area (Å²) in [4.78, 5) is 127. The molecule has 866 valence electrons. The van der Waals surface area contributed by atoms with Gasteiger partial charge >= 0.3 is 11.9 Å². The van der Waals surface area contributed by atoms with E-state index >= 15 is 0 Å². The highest BCUT2D eigenvalue weighted by molar-refractivity contribution is 5.80. The van der Waals surface area contributed by atoms with Gasteiger partial charge in [0.25, 0.3) is 11.6 Å². The van der Waals surface area contributed by atoms with Crippen LogP contribution in [0, 0.1) is 0 Å². The normalized spacial score (nSPS) is 37.1. The van der Waals surface area contributed by atoms with Gasteiger partial charge in [0.15, 0.2) is 37.7 Å². The lowest BCUT2D eigenvalue weighted by Crippen LogP contribution is -2.71. The Labute approximate surface area is 858 Å². The van der Waals surface area contributed by atoms with Crippen LogP contribution in [0.2, 0.25) is 0 Å². The van der Waals surface area contributed by atoms with Crippen LogP contribution in [0.4, 0.5) is 0 Å². The molecule has 8 fully saturated rings. The highest BCUT2D eigenvalue weighted by atomic mass is 16.8. The Morgan fingerprint density at radius 2 is 0.627 bits per heavy atom. The van der Waals surface area contributed by atoms with Crippen LogP contribution in [0.1, 0.15) is 106 Å². The average Bonchev–Trinajstić information content (AvgIpc) is 0.749. The molecule has 8 aliphatic rings. The van der Waals surface area contributed by atoms with Gasteiger partial charge in [-0.15, -0.1) is 0 Å². The molecule has 8 rings (SSSR count). The standard InChI is InChI=1S/C88H150N8O54/c1-37-59(115)65(121)67(123)81(137-37)145-75-57(95-41(5)105)79(141-49(33-101)71(75)143-83-69(125)77(63(119)47(31-99)139-83)149-87(85(127)128)27-43(107)55(93-39(3)103)73(147-87)61(117)45(109)29-97)135-19-11-7-9-13-51(111)89-15-17-91-53(113)35-133-25-23-131-21-22-132-24-26-134-36-54(114)92-18-16-90-52(112)14-10-8-12-20-136-80-58(96-42(6)106)76(146-82-68(124)66(122)60(116)38(2)138-82)72(50(34-102)142-80)144-84-70(126)78(64(120)48(32-100)140-84)150-88(86(129)130)28-44(108)56(94-40(4)104)74(148-88)62(118)46(110)30-98/h37-38,43-50,55-84,97-102,107-110,115-126H,7-36H2,1-6H3,(H,89,111)(H,90,112)(H,91,113)(H,92,114)(H,93,103)(H,94,104)(H,95,105)(H,96,106)(H,127,128)(H,129,130)/t37-,38-,43-,44-,45+,46+,47+,48+,49+,50+,55+,56+,57+,58+,59+,60+,61+,62+,63-,64-,65+,66+,67-,68-,69+,70+,71+,72+,73+,74+,75+,76+,77-,78-,79+,80+,81-,82-,83-,84-,87-,88-/m0/s1. The number of unbranched alkanes of at least 4 members (excludes halogenated alkanes) is 4. The minimum Gasteiger partial charge on any atom is -0.477 e. The number of carboxylic acid groups (broad SMARTS) is 2. The highest BCUT2D eigenvalue weighted by Crippen LogP contribution is 2.44. The van der Waals surface area contributed by atoms with Crippen molar-refractivity contribution >= 4 is 59.2 Å². The summed E-state index contributed by atoms with van der Waals surface area (Å²) < 4.78 is 117. The van der Waals surface area contributed by atoms with Gasteiger partial charge in [-0.3, -0.25) is 38.4 Å². The lowest BCUT2D eigenvalue weighted by atomic mass is 9.88. The molecule has 0 bridgehead atoms. The summed E-state index contributed by atoms with van der Waals surface area (Å²) in [5, 5.41) is 281. The van der Waals surface area contributed by atoms with Crippen LogP contribution < -0.4 is 42.5 Å². The van der Waals surface area contributed by atoms with Crippen LogP contribution in [0.25, 0.3) is 0 Å². The van der Waals surface area contributed by atoms with Crippen molar-refractivity contribution in [1.82, 2.24) is 42.5 Å². The van der Waals surface area contributed by atoms with E-state index in [4.69, 9.17) is 94.7 Å². The van der Waals surface area contributed by atoms with E-state index in [1.54, 1.807) is 0 Å². The second-order valence-electron chi connectivity index (χ2n) is 37.1. The number of hydrogen-bond acceptors (Lipinski definition) is 52. The maximum Gasteiger partial charge on any atom is 0.364 e. The Hall–Kier alpha value is -6.98. The number of rotatable bonds is 61. The van der Waals surface area contributed by atoms with Crippen LogP contribution in [0.5, 0.6) is 0 Å². The number of aliphatic carboxylic acids is 2. The van der Waals surface area contributed by atoms with Crippen molar-refractivity contribution in [2.45, 2.75) is 362 Å². The van der Waals surface area contributed by atoms with E-state index in [9.17, 15) is 171 Å². The highest BCUT2D eigenvalue weighted by Gasteiger charge is 2.65. The van der Waals surface area contributed by atoms with Crippen LogP contribution >= 0.6 is 0 Å². The second-order valence-corrected chi connectivity index (χ2v) is 37.1. The fraction of sp³-hybridized carbons (Fsp3) is 0.886. The monoisotopic (exact) mass is 2180 g/mol. The topological polar surface area (TPSA) is 937 Å². The van der Waals surface area contributed by atoms with E-state index in [0.717, 1.165) is 27.7 Å². The van der Waals surface area contributed by atoms with Crippen LogP contribution in [0.3, 0.4) is 0 Å². The van der Waals surface area contributed by atoms with E-state index in [-0.39, 0.29) is 130 Å². The van der Waals surface area contributed by atoms with E-state index < -0.39 is 356 Å². The summed E-state index contributed by atoms with van der Waals surface area (Å²) in [6.45, 7) is 0.0318. The zero-order valence-electron chi connectivity index (χ0n) is 83.3. The van der Waals surface area contributed by atoms with Gasteiger partial charge in [-0.05, 0) is 39.5 Å². The Balaban J connectivity index is 0.688. The van der Waals surface area contributed by atoms with Crippen molar-refractivity contribution < 1.29 is 265 Å². The molecule has 0 radical (unpaired) electrons. The molecule has 0 aromatic rings. The number of amides is 8. The first-order chi connectivity index (χ1) is 71.2. The van der Waals surface area contributed by atoms with Crippen LogP contribution in [0.15, 0.2) is 0 Å². The molecule has 42 atom stereocenters. The lowest BCUT2D eigenvalue weighted by molar-refractivity contribution is -0.391. The smallest absolute Gasteiger partial charge is 0.364 e. The van der Waals surface area contributed by atoms with Crippen molar-refractivity contribution in [2.24, 2.45) is 0 Å². The third kappa shape index (κ3) is 35.8. The predicted molar refractivity (Wildman–Crippen MR) is 485 cm³/mol. The summed E-state index contributed by atoms with van der Waals surface area (Å²) >= 11 is 0. The molecule has 62 heteroatoms. The zero-order valence-corrected chi connectivity index (χ0v) is 83.3. The first-order valence-electron chi connectivity index (χ1n) is 49.1. The zero-order chi connectivity index (χ0) is 111. The van der Waals surface area contributed by atoms with Gasteiger partial charge in [-0.25, -0.2) is 9.59 Å². The first-order valence-corrected chi connectivity index (χ1v) is 49.1. The SMILES string of the molecule is CC(=O)N[C@H]1[C@H](OCCCCCC(=O)NCCNC(=O)COCCOCCOCCOCC(=O)NCCNC(=O)CCCCCO[C@@H]2O[C@H](CO)[C@@H](O[C@@H]3O[C@H](CO)[C@H](O)[C@H](O[C@]4(C(=O)O)C[C@H](O)[C@@H](NC(C)=O)[C@H]([C@H](O)[C@H](O)CO)O4)[C@H]3O)[C@H](O[C@@H]3O[C@@H](C)[C@@H](O)[C@@H](O)[C@@H]3O)[C@H]2NC(C)=O)O[C@H](CO)[C@@H](O[C@@H]2O[C@H](CO)[C@H](O)[C@H](O[C@]3(C(=O)O)C[C@H](O)[C@@H](NC(C)=O)[C@H]([C@H](O)[C@H](O)CO)O3)[C@H]2O)[C@@H]1O[C@@H]1O[C@@H](C)[C@@H](O)[C@@H](O)[C@@H]1O. The Morgan fingerprint density at radius 3 is 0.940 bits per heavy atom. The van der Waals surface area contributed by atoms with Gasteiger partial charge in [0.05, 0.1) is 116 Å². The molecular formula is C88H150N8O54. The van der Waals surface area contributed by atoms with Gasteiger partial charge in [0.2, 0.25) is 47.3 Å². The maximum atomic E-state index is 13.2. The molecular weight excluding hydrogens is 2030 g/mol. The molecule has 150 heavy (non-hydrogen) atoms. The number of aliphatic hydroxyl groups excluding tert-OH is 22. The average molecular weight is 2180 g/mol. The fourth-order valence-corrected chi connectivity index (χ4v) is 17.7. The summed E-state index contributed by atoms with van der Waals surface area (Å²) in [6.07, 6.45) is -70.3. The van der Waals surface area contributed by atoms with Crippen LogP contribution in [-0.4, -0.2) is 570 Å². The lowest BCUT2D eigenvalue weighted by Gasteiger charge is -2.51. The Kier molecular flexibility index (Phi) is 53.2. The summed E-state index contributed by atoms with van der Waals surface area (Å²) in [5.41, 5.74) is 0. The van der Waals surface area contributed by atoms with Crippen molar-refractivity contribution in [1.29, 1.82) is 0 Å². The molecule has 0 aliphatic carbocycles. The summed E-state index contributed by atoms with van der Waals surface area (Å²) in [5.74, 6) is -15.4. The number of hydrogen-bond donors (Lipinski definition) is 32. The van der Waals surface area contributed by atoms with Crippen molar-refractivity contribution in [2.75, 3.05) is 132 Å². The van der Waals surface area contributed by atoms with Gasteiger partial charge in [0, 0.05) is 92.8 Å². The van der Waals surface area contributed by atoms with Gasteiger partial charge < -0.3 is 260 Å². The first kappa shape index (κ1) is 128. The second kappa shape index (κ2) is 62.2. The molecule has 0 aromatic carbocycles. The van der Waals surface area contributed by atoms with Gasteiger partial charge in [-0.1, -0.05) is 12.8 Å². The molecule has 62 nitrogen and oxygen atoms in total. The molecule has 8 aliphatic heterocycles. The van der Waals surface area contributed by atoms with Crippen molar-refractivity contribution in [3.05, 3.63) is 0 Å². The fourth-order valence-electron chi connectivity index (χ4n) is 17.7. The summed E-state index contributed by atoms with van der Waals surface area (Å²) in [6, 6.07) is -6.47. The van der Waals surface area contributed by atoms with E-state index in [1.165, 1.54) is 13.8 Å². The van der Waals surface area contributed by atoms with Crippen molar-refractivity contribution in [3.8, 4) is 0 Å². The number of carboxylic acids is 2. The van der Waals surface area contributed by atoms with Crippen LogP contribution in [-0.2, 0) is 143 Å². The van der Waals surface area contributed by atoms with Gasteiger partial charge in [0.1, 0.15) is 184 Å². The molecule has 8 amide bonds. The molecule has 8 heterocycles. The molecule has 8 saturated heterocycles. The third-order valence-corrected chi connectivity index (χ3v) is 25.6. The minimum atomic E-state index is -3.20. The largest absolute Gasteiger partial charge is 0.477 e.